The second kappa shape index (κ2) is 6.84. The van der Waals surface area contributed by atoms with Crippen molar-refractivity contribution in [2.45, 2.75) is 18.8 Å². The SMILES string of the molecule is O=C(O)c1cc(C(=O)N2CCC(c3nc4ccccc4s3)CC2)ccn1. The minimum absolute atomic E-state index is 0.111. The number of carboxylic acids is 1. The van der Waals surface area contributed by atoms with E-state index < -0.39 is 5.97 Å². The highest BCUT2D eigenvalue weighted by molar-refractivity contribution is 7.18. The van der Waals surface area contributed by atoms with E-state index in [0.29, 0.717) is 24.6 Å². The third kappa shape index (κ3) is 3.17. The fourth-order valence-corrected chi connectivity index (χ4v) is 4.39. The molecule has 0 radical (unpaired) electrons. The summed E-state index contributed by atoms with van der Waals surface area (Å²) in [6, 6.07) is 11.0. The Balaban J connectivity index is 1.45. The van der Waals surface area contributed by atoms with E-state index in [4.69, 9.17) is 10.1 Å². The van der Waals surface area contributed by atoms with Gasteiger partial charge in [-0.15, -0.1) is 11.3 Å². The first-order chi connectivity index (χ1) is 12.6. The number of carboxylic acid groups (broad SMARTS) is 1. The molecule has 7 heteroatoms. The molecule has 3 aromatic rings. The first kappa shape index (κ1) is 16.7. The summed E-state index contributed by atoms with van der Waals surface area (Å²) in [5.41, 5.74) is 1.29. The molecule has 0 saturated carbocycles. The maximum absolute atomic E-state index is 12.7. The Morgan fingerprint density at radius 1 is 1.15 bits per heavy atom. The summed E-state index contributed by atoms with van der Waals surface area (Å²) in [5.74, 6) is -0.907. The molecule has 6 nitrogen and oxygen atoms in total. The normalized spacial score (nSPS) is 15.3. The molecule has 1 aromatic carbocycles. The molecule has 132 valence electrons. The van der Waals surface area contributed by atoms with Gasteiger partial charge in [-0.2, -0.15) is 0 Å². The standard InChI is InChI=1S/C19H17N3O3S/c23-18(13-5-8-20-15(11-13)19(24)25)22-9-6-12(7-10-22)17-21-14-3-1-2-4-16(14)26-17/h1-5,8,11-12H,6-7,9-10H2,(H,24,25). The van der Waals surface area contributed by atoms with Crippen molar-refractivity contribution in [3.05, 3.63) is 58.9 Å². The predicted octanol–water partition coefficient (Wildman–Crippen LogP) is 3.41. The molecule has 1 fully saturated rings. The van der Waals surface area contributed by atoms with Gasteiger partial charge in [-0.1, -0.05) is 12.1 Å². The summed E-state index contributed by atoms with van der Waals surface area (Å²) < 4.78 is 1.19. The molecule has 0 unspecified atom stereocenters. The van der Waals surface area contributed by atoms with Crippen molar-refractivity contribution in [1.29, 1.82) is 0 Å². The molecular formula is C19H17N3O3S. The van der Waals surface area contributed by atoms with E-state index in [1.54, 1.807) is 22.3 Å². The summed E-state index contributed by atoms with van der Waals surface area (Å²) in [7, 11) is 0. The highest BCUT2D eigenvalue weighted by Gasteiger charge is 2.27. The van der Waals surface area contributed by atoms with Gasteiger partial charge in [-0.05, 0) is 37.1 Å². The Bertz CT molecular complexity index is 944. The Morgan fingerprint density at radius 3 is 2.65 bits per heavy atom. The highest BCUT2D eigenvalue weighted by atomic mass is 32.1. The van der Waals surface area contributed by atoms with Crippen LogP contribution in [-0.2, 0) is 0 Å². The van der Waals surface area contributed by atoms with Crippen LogP contribution in [0.3, 0.4) is 0 Å². The van der Waals surface area contributed by atoms with Crippen LogP contribution < -0.4 is 0 Å². The topological polar surface area (TPSA) is 83.4 Å². The predicted molar refractivity (Wildman–Crippen MR) is 98.7 cm³/mol. The van der Waals surface area contributed by atoms with Gasteiger partial charge >= 0.3 is 5.97 Å². The van der Waals surface area contributed by atoms with Gasteiger partial charge in [-0.3, -0.25) is 4.79 Å². The molecule has 0 atom stereocenters. The highest BCUT2D eigenvalue weighted by Crippen LogP contribution is 2.34. The van der Waals surface area contributed by atoms with E-state index in [1.165, 1.54) is 17.0 Å². The zero-order valence-electron chi connectivity index (χ0n) is 14.0. The fraction of sp³-hybridized carbons (Fsp3) is 0.263. The molecule has 1 N–H and O–H groups in total. The number of piperidine rings is 1. The number of nitrogens with zero attached hydrogens (tertiary/aromatic N) is 3. The maximum Gasteiger partial charge on any atom is 0.354 e. The van der Waals surface area contributed by atoms with Gasteiger partial charge in [0.25, 0.3) is 5.91 Å². The lowest BCUT2D eigenvalue weighted by Gasteiger charge is -2.31. The van der Waals surface area contributed by atoms with Crippen molar-refractivity contribution in [3.63, 3.8) is 0 Å². The number of likely N-dealkylation sites (tertiary alicyclic amines) is 1. The number of rotatable bonds is 3. The average Bonchev–Trinajstić information content (AvgIpc) is 3.12. The van der Waals surface area contributed by atoms with E-state index in [2.05, 4.69) is 11.1 Å². The van der Waals surface area contributed by atoms with E-state index >= 15 is 0 Å². The van der Waals surface area contributed by atoms with Crippen molar-refractivity contribution >= 4 is 33.4 Å². The lowest BCUT2D eigenvalue weighted by atomic mass is 9.97. The van der Waals surface area contributed by atoms with Crippen LogP contribution in [0.2, 0.25) is 0 Å². The Hall–Kier alpha value is -2.80. The van der Waals surface area contributed by atoms with Crippen molar-refractivity contribution in [1.82, 2.24) is 14.9 Å². The van der Waals surface area contributed by atoms with Gasteiger partial charge in [0.05, 0.1) is 15.2 Å². The Kier molecular flexibility index (Phi) is 4.38. The molecule has 1 aliphatic rings. The van der Waals surface area contributed by atoms with Gasteiger partial charge in [-0.25, -0.2) is 14.8 Å². The largest absolute Gasteiger partial charge is 0.477 e. The number of carbonyl (C=O) groups is 2. The van der Waals surface area contributed by atoms with Crippen LogP contribution in [0.15, 0.2) is 42.6 Å². The van der Waals surface area contributed by atoms with Gasteiger partial charge in [0.15, 0.2) is 0 Å². The quantitative estimate of drug-likeness (QED) is 0.767. The number of pyridine rings is 1. The number of thiazole rings is 1. The molecule has 26 heavy (non-hydrogen) atoms. The number of hydrogen-bond acceptors (Lipinski definition) is 5. The molecular weight excluding hydrogens is 350 g/mol. The number of carbonyl (C=O) groups excluding carboxylic acids is 1. The molecule has 0 bridgehead atoms. The van der Waals surface area contributed by atoms with Crippen molar-refractivity contribution < 1.29 is 14.7 Å². The van der Waals surface area contributed by atoms with Crippen LogP contribution in [-0.4, -0.2) is 44.9 Å². The molecule has 1 saturated heterocycles. The number of amides is 1. The van der Waals surface area contributed by atoms with Gasteiger partial charge in [0.1, 0.15) is 5.69 Å². The van der Waals surface area contributed by atoms with Crippen molar-refractivity contribution in [3.8, 4) is 0 Å². The van der Waals surface area contributed by atoms with Crippen molar-refractivity contribution in [2.24, 2.45) is 0 Å². The summed E-state index contributed by atoms with van der Waals surface area (Å²) in [4.78, 5) is 34.0. The van der Waals surface area contributed by atoms with Crippen LogP contribution >= 0.6 is 11.3 Å². The molecule has 4 rings (SSSR count). The third-order valence-electron chi connectivity index (χ3n) is 4.67. The number of aromatic nitrogens is 2. The zero-order chi connectivity index (χ0) is 18.1. The van der Waals surface area contributed by atoms with Crippen LogP contribution in [0.5, 0.6) is 0 Å². The van der Waals surface area contributed by atoms with Crippen molar-refractivity contribution in [2.75, 3.05) is 13.1 Å². The Labute approximate surface area is 154 Å². The molecule has 2 aromatic heterocycles. The second-order valence-corrected chi connectivity index (χ2v) is 7.38. The lowest BCUT2D eigenvalue weighted by molar-refractivity contribution is 0.0690. The zero-order valence-corrected chi connectivity index (χ0v) is 14.8. The van der Waals surface area contributed by atoms with Gasteiger partial charge in [0, 0.05) is 30.8 Å². The molecule has 1 aliphatic heterocycles. The Morgan fingerprint density at radius 2 is 1.92 bits per heavy atom. The molecule has 3 heterocycles. The number of benzene rings is 1. The number of para-hydroxylation sites is 1. The summed E-state index contributed by atoms with van der Waals surface area (Å²) in [6.45, 7) is 1.29. The van der Waals surface area contributed by atoms with Crippen LogP contribution in [0.4, 0.5) is 0 Å². The minimum Gasteiger partial charge on any atom is -0.477 e. The van der Waals surface area contributed by atoms with E-state index in [-0.39, 0.29) is 11.6 Å². The fourth-order valence-electron chi connectivity index (χ4n) is 3.26. The molecule has 1 amide bonds. The van der Waals surface area contributed by atoms with Crippen LogP contribution in [0.25, 0.3) is 10.2 Å². The average molecular weight is 367 g/mol. The number of aromatic carboxylic acids is 1. The first-order valence-electron chi connectivity index (χ1n) is 8.46. The molecule has 0 spiro atoms. The van der Waals surface area contributed by atoms with Crippen LogP contribution in [0, 0.1) is 0 Å². The lowest BCUT2D eigenvalue weighted by Crippen LogP contribution is -2.38. The van der Waals surface area contributed by atoms with Crippen LogP contribution in [0.1, 0.15) is 44.6 Å². The molecule has 0 aliphatic carbocycles. The maximum atomic E-state index is 12.7. The number of fused-ring (bicyclic) bond motifs is 1. The minimum atomic E-state index is -1.13. The van der Waals surface area contributed by atoms with Gasteiger partial charge in [0.2, 0.25) is 0 Å². The van der Waals surface area contributed by atoms with Gasteiger partial charge < -0.3 is 10.0 Å². The smallest absolute Gasteiger partial charge is 0.354 e. The summed E-state index contributed by atoms with van der Waals surface area (Å²) in [6.07, 6.45) is 3.09. The van der Waals surface area contributed by atoms with E-state index in [1.807, 2.05) is 18.2 Å². The summed E-state index contributed by atoms with van der Waals surface area (Å²) >= 11 is 1.73. The van der Waals surface area contributed by atoms with E-state index in [9.17, 15) is 9.59 Å². The first-order valence-corrected chi connectivity index (χ1v) is 9.27. The monoisotopic (exact) mass is 367 g/mol. The van der Waals surface area contributed by atoms with E-state index in [0.717, 1.165) is 23.4 Å². The second-order valence-electron chi connectivity index (χ2n) is 6.32. The summed E-state index contributed by atoms with van der Waals surface area (Å²) in [5, 5.41) is 10.2. The third-order valence-corrected chi connectivity index (χ3v) is 5.87. The number of hydrogen-bond donors (Lipinski definition) is 1.